The zero-order chi connectivity index (χ0) is 20.8. The van der Waals surface area contributed by atoms with Gasteiger partial charge in [0.1, 0.15) is 6.79 Å². The van der Waals surface area contributed by atoms with E-state index in [4.69, 9.17) is 18.9 Å². The average molecular weight is 527 g/mol. The van der Waals surface area contributed by atoms with Gasteiger partial charge in [-0.3, -0.25) is 0 Å². The molecule has 2 unspecified atom stereocenters. The first kappa shape index (κ1) is 26.6. The number of alkyl halides is 1. The Kier molecular flexibility index (Phi) is 14.6. The highest BCUT2D eigenvalue weighted by Gasteiger charge is 2.20. The summed E-state index contributed by atoms with van der Waals surface area (Å²) in [5.74, 6) is 0.651. The Hall–Kier alpha value is 0.527. The van der Waals surface area contributed by atoms with Crippen LogP contribution in [0.2, 0.25) is 25.7 Å². The van der Waals surface area contributed by atoms with Crippen molar-refractivity contribution in [3.8, 4) is 0 Å². The van der Waals surface area contributed by atoms with E-state index in [2.05, 4.69) is 62.2 Å². The summed E-state index contributed by atoms with van der Waals surface area (Å²) in [4.78, 5) is 0. The van der Waals surface area contributed by atoms with E-state index in [1.165, 1.54) is 30.9 Å². The molecule has 28 heavy (non-hydrogen) atoms. The van der Waals surface area contributed by atoms with E-state index in [9.17, 15) is 0 Å². The van der Waals surface area contributed by atoms with Crippen LogP contribution in [0.1, 0.15) is 52.4 Å². The van der Waals surface area contributed by atoms with Crippen LogP contribution in [0.5, 0.6) is 0 Å². The number of hydrogen-bond acceptors (Lipinski definition) is 4. The molecule has 1 fully saturated rings. The molecule has 0 aromatic carbocycles. The summed E-state index contributed by atoms with van der Waals surface area (Å²) in [5, 5.41) is 0. The Balaban J connectivity index is 2.11. The fraction of sp³-hybridized carbons (Fsp3) is 0.909. The van der Waals surface area contributed by atoms with E-state index >= 15 is 0 Å². The molecule has 1 heterocycles. The Morgan fingerprint density at radius 1 is 1.25 bits per heavy atom. The summed E-state index contributed by atoms with van der Waals surface area (Å²) < 4.78 is 24.1. The molecule has 0 saturated carbocycles. The van der Waals surface area contributed by atoms with Crippen LogP contribution < -0.4 is 0 Å². The third kappa shape index (κ3) is 14.5. The molecule has 0 radical (unpaired) electrons. The molecule has 0 aromatic rings. The molecule has 3 atom stereocenters. The summed E-state index contributed by atoms with van der Waals surface area (Å²) >= 11 is 2.44. The van der Waals surface area contributed by atoms with Gasteiger partial charge in [0.15, 0.2) is 6.29 Å². The summed E-state index contributed by atoms with van der Waals surface area (Å²) in [6, 6.07) is 1.19. The van der Waals surface area contributed by atoms with Crippen molar-refractivity contribution in [3.05, 3.63) is 11.6 Å². The van der Waals surface area contributed by atoms with Gasteiger partial charge in [-0.25, -0.2) is 0 Å². The number of rotatable bonds is 15. The van der Waals surface area contributed by atoms with Crippen molar-refractivity contribution < 1.29 is 18.9 Å². The predicted octanol–water partition coefficient (Wildman–Crippen LogP) is 6.41. The van der Waals surface area contributed by atoms with Crippen LogP contribution in [0, 0.1) is 5.92 Å². The van der Waals surface area contributed by atoms with Crippen LogP contribution in [0.3, 0.4) is 0 Å². The molecule has 0 spiro atoms. The van der Waals surface area contributed by atoms with Gasteiger partial charge in [-0.2, -0.15) is 0 Å². The van der Waals surface area contributed by atoms with Gasteiger partial charge >= 0.3 is 0 Å². The zero-order valence-corrected chi connectivity index (χ0v) is 22.0. The Bertz CT molecular complexity index is 419. The molecule has 0 aromatic heterocycles. The quantitative estimate of drug-likeness (QED) is 0.0617. The van der Waals surface area contributed by atoms with Gasteiger partial charge in [0, 0.05) is 25.7 Å². The summed E-state index contributed by atoms with van der Waals surface area (Å²) in [5.41, 5.74) is 1.29. The standard InChI is InChI=1S/C22H43IO4Si/c1-19(15-21(16-23)27-22-11-6-7-12-26-22)9-8-10-20(2)17-25-18-24-13-14-28(3,4)5/h10,19,21-22H,6-9,11-18H2,1-5H3/b20-10+/t19-,21?,22?/m0/s1. The van der Waals surface area contributed by atoms with Crippen molar-refractivity contribution in [2.24, 2.45) is 5.92 Å². The van der Waals surface area contributed by atoms with Gasteiger partial charge in [0.2, 0.25) is 0 Å². The van der Waals surface area contributed by atoms with E-state index in [0.717, 1.165) is 36.9 Å². The minimum absolute atomic E-state index is 0.0213. The van der Waals surface area contributed by atoms with Crippen molar-refractivity contribution in [2.45, 2.75) is 90.5 Å². The summed E-state index contributed by atoms with van der Waals surface area (Å²) in [7, 11) is -1.00. The SMILES string of the molecule is C/C(=C\CC[C@H](C)CC(CI)OC1CCCCO1)COCOCC[Si](C)(C)C. The highest BCUT2D eigenvalue weighted by Crippen LogP contribution is 2.22. The molecule has 1 rings (SSSR count). The van der Waals surface area contributed by atoms with Crippen molar-refractivity contribution in [2.75, 3.05) is 31.0 Å². The fourth-order valence-corrected chi connectivity index (χ4v) is 4.45. The second-order valence-corrected chi connectivity index (χ2v) is 15.9. The Morgan fingerprint density at radius 3 is 2.68 bits per heavy atom. The van der Waals surface area contributed by atoms with Crippen LogP contribution in [0.15, 0.2) is 11.6 Å². The topological polar surface area (TPSA) is 36.9 Å². The number of halogens is 1. The van der Waals surface area contributed by atoms with Gasteiger partial charge in [0.25, 0.3) is 0 Å². The van der Waals surface area contributed by atoms with Crippen molar-refractivity contribution in [1.82, 2.24) is 0 Å². The van der Waals surface area contributed by atoms with Crippen molar-refractivity contribution in [3.63, 3.8) is 0 Å². The molecular formula is C22H43IO4Si. The number of hydrogen-bond donors (Lipinski definition) is 0. The van der Waals surface area contributed by atoms with Crippen LogP contribution in [-0.2, 0) is 18.9 Å². The summed E-state index contributed by atoms with van der Waals surface area (Å²) in [6.45, 7) is 14.3. The molecular weight excluding hydrogens is 483 g/mol. The first-order valence-corrected chi connectivity index (χ1v) is 16.2. The molecule has 0 N–H and O–H groups in total. The molecule has 6 heteroatoms. The molecule has 4 nitrogen and oxygen atoms in total. The Labute approximate surface area is 188 Å². The second kappa shape index (κ2) is 15.3. The molecule has 1 aliphatic rings. The van der Waals surface area contributed by atoms with Crippen molar-refractivity contribution >= 4 is 30.7 Å². The van der Waals surface area contributed by atoms with E-state index in [1.807, 2.05) is 0 Å². The minimum Gasteiger partial charge on any atom is -0.356 e. The van der Waals surface area contributed by atoms with Gasteiger partial charge in [-0.15, -0.1) is 0 Å². The molecule has 0 aliphatic carbocycles. The van der Waals surface area contributed by atoms with E-state index < -0.39 is 8.07 Å². The maximum atomic E-state index is 6.17. The zero-order valence-electron chi connectivity index (χ0n) is 18.8. The van der Waals surface area contributed by atoms with E-state index in [1.54, 1.807) is 0 Å². The average Bonchev–Trinajstić information content (AvgIpc) is 2.64. The summed E-state index contributed by atoms with van der Waals surface area (Å²) in [6.07, 6.45) is 9.47. The second-order valence-electron chi connectivity index (χ2n) is 9.36. The van der Waals surface area contributed by atoms with Gasteiger partial charge in [-0.1, -0.05) is 60.8 Å². The van der Waals surface area contributed by atoms with Crippen molar-refractivity contribution in [1.29, 1.82) is 0 Å². The fourth-order valence-electron chi connectivity index (χ4n) is 3.13. The molecule has 1 saturated heterocycles. The lowest BCUT2D eigenvalue weighted by Gasteiger charge is -2.28. The molecule has 1 aliphatic heterocycles. The van der Waals surface area contributed by atoms with Crippen LogP contribution in [0.25, 0.3) is 0 Å². The molecule has 0 amide bonds. The van der Waals surface area contributed by atoms with E-state index in [-0.39, 0.29) is 6.29 Å². The highest BCUT2D eigenvalue weighted by molar-refractivity contribution is 14.1. The third-order valence-electron chi connectivity index (χ3n) is 4.96. The van der Waals surface area contributed by atoms with Gasteiger partial charge in [-0.05, 0) is 57.4 Å². The largest absolute Gasteiger partial charge is 0.356 e. The third-order valence-corrected chi connectivity index (χ3v) is 7.65. The molecule has 166 valence electrons. The smallest absolute Gasteiger partial charge is 0.157 e. The van der Waals surface area contributed by atoms with Crippen LogP contribution in [0.4, 0.5) is 0 Å². The first-order valence-electron chi connectivity index (χ1n) is 10.9. The lowest BCUT2D eigenvalue weighted by atomic mass is 9.98. The number of ether oxygens (including phenoxy) is 4. The van der Waals surface area contributed by atoms with Gasteiger partial charge in [0.05, 0.1) is 12.7 Å². The lowest BCUT2D eigenvalue weighted by Crippen LogP contribution is -2.29. The van der Waals surface area contributed by atoms with Crippen LogP contribution in [-0.4, -0.2) is 51.5 Å². The maximum absolute atomic E-state index is 6.17. The molecule has 0 bridgehead atoms. The van der Waals surface area contributed by atoms with Gasteiger partial charge < -0.3 is 18.9 Å². The maximum Gasteiger partial charge on any atom is 0.157 e. The van der Waals surface area contributed by atoms with Crippen LogP contribution >= 0.6 is 22.6 Å². The predicted molar refractivity (Wildman–Crippen MR) is 129 cm³/mol. The number of allylic oxidation sites excluding steroid dienone is 1. The Morgan fingerprint density at radius 2 is 2.04 bits per heavy atom. The van der Waals surface area contributed by atoms with E-state index in [0.29, 0.717) is 25.4 Å². The minimum atomic E-state index is -1.00. The normalized spacial score (nSPS) is 20.9. The monoisotopic (exact) mass is 526 g/mol. The lowest BCUT2D eigenvalue weighted by molar-refractivity contribution is -0.185. The highest BCUT2D eigenvalue weighted by atomic mass is 127. The first-order chi connectivity index (χ1) is 13.3.